The van der Waals surface area contributed by atoms with Crippen LogP contribution in [0.3, 0.4) is 0 Å². The van der Waals surface area contributed by atoms with Crippen molar-refractivity contribution in [2.75, 3.05) is 31.2 Å². The first-order chi connectivity index (χ1) is 7.75. The fourth-order valence-electron chi connectivity index (χ4n) is 1.68. The van der Waals surface area contributed by atoms with E-state index in [9.17, 15) is 8.78 Å². The Balaban J connectivity index is 2.08. The molecule has 0 radical (unpaired) electrons. The number of benzene rings is 1. The Kier molecular flexibility index (Phi) is 3.56. The van der Waals surface area contributed by atoms with Crippen LogP contribution in [0.4, 0.5) is 14.5 Å². The average Bonchev–Trinajstić information content (AvgIpc) is 2.30. The van der Waals surface area contributed by atoms with Gasteiger partial charge in [0.15, 0.2) is 0 Å². The highest BCUT2D eigenvalue weighted by atomic mass is 19.3. The molecule has 1 saturated heterocycles. The van der Waals surface area contributed by atoms with E-state index in [0.29, 0.717) is 13.2 Å². The van der Waals surface area contributed by atoms with Crippen LogP contribution in [-0.2, 0) is 4.74 Å². The van der Waals surface area contributed by atoms with E-state index in [1.165, 1.54) is 6.07 Å². The topological polar surface area (TPSA) is 21.7 Å². The lowest BCUT2D eigenvalue weighted by Gasteiger charge is -2.29. The Labute approximate surface area is 92.6 Å². The van der Waals surface area contributed by atoms with Gasteiger partial charge in [-0.2, -0.15) is 8.78 Å². The second-order valence-electron chi connectivity index (χ2n) is 3.48. The molecule has 1 aliphatic heterocycles. The molecule has 1 aliphatic rings. The Morgan fingerprint density at radius 1 is 1.25 bits per heavy atom. The molecule has 0 atom stereocenters. The van der Waals surface area contributed by atoms with Crippen molar-refractivity contribution in [1.82, 2.24) is 0 Å². The minimum absolute atomic E-state index is 0.194. The van der Waals surface area contributed by atoms with Crippen molar-refractivity contribution in [3.8, 4) is 5.75 Å². The maximum absolute atomic E-state index is 12.0. The average molecular weight is 229 g/mol. The largest absolute Gasteiger partial charge is 0.435 e. The van der Waals surface area contributed by atoms with Crippen LogP contribution in [0.2, 0.25) is 0 Å². The van der Waals surface area contributed by atoms with Gasteiger partial charge in [-0.15, -0.1) is 0 Å². The van der Waals surface area contributed by atoms with Gasteiger partial charge in [0.25, 0.3) is 0 Å². The van der Waals surface area contributed by atoms with Crippen molar-refractivity contribution in [3.05, 3.63) is 24.3 Å². The first kappa shape index (κ1) is 11.1. The van der Waals surface area contributed by atoms with Gasteiger partial charge in [-0.3, -0.25) is 0 Å². The van der Waals surface area contributed by atoms with E-state index in [0.717, 1.165) is 18.8 Å². The van der Waals surface area contributed by atoms with E-state index in [1.807, 2.05) is 6.07 Å². The predicted octanol–water partition coefficient (Wildman–Crippen LogP) is 2.12. The fraction of sp³-hybridized carbons (Fsp3) is 0.455. The molecule has 0 saturated carbocycles. The summed E-state index contributed by atoms with van der Waals surface area (Å²) in [5, 5.41) is 0. The maximum Gasteiger partial charge on any atom is 0.387 e. The van der Waals surface area contributed by atoms with Crippen molar-refractivity contribution in [3.63, 3.8) is 0 Å². The number of ether oxygens (including phenoxy) is 2. The van der Waals surface area contributed by atoms with Crippen molar-refractivity contribution in [1.29, 1.82) is 0 Å². The molecule has 1 aromatic carbocycles. The molecular weight excluding hydrogens is 216 g/mol. The summed E-state index contributed by atoms with van der Waals surface area (Å²) in [6.07, 6.45) is 0. The number of rotatable bonds is 3. The smallest absolute Gasteiger partial charge is 0.387 e. The molecule has 2 rings (SSSR count). The van der Waals surface area contributed by atoms with E-state index < -0.39 is 6.61 Å². The normalized spacial score (nSPS) is 16.6. The highest BCUT2D eigenvalue weighted by molar-refractivity contribution is 5.50. The standard InChI is InChI=1S/C11H13F2NO2/c12-11(13)16-10-3-1-2-9(8-10)14-4-6-15-7-5-14/h1-3,8,11H,4-7H2. The minimum atomic E-state index is -2.78. The first-order valence-corrected chi connectivity index (χ1v) is 5.13. The van der Waals surface area contributed by atoms with Gasteiger partial charge in [-0.1, -0.05) is 6.07 Å². The summed E-state index contributed by atoms with van der Waals surface area (Å²) >= 11 is 0. The van der Waals surface area contributed by atoms with Crippen LogP contribution in [0.1, 0.15) is 0 Å². The molecule has 0 spiro atoms. The third-order valence-electron chi connectivity index (χ3n) is 2.42. The van der Waals surface area contributed by atoms with Gasteiger partial charge in [0.1, 0.15) is 5.75 Å². The van der Waals surface area contributed by atoms with Gasteiger partial charge in [-0.25, -0.2) is 0 Å². The van der Waals surface area contributed by atoms with E-state index in [1.54, 1.807) is 12.1 Å². The highest BCUT2D eigenvalue weighted by Crippen LogP contribution is 2.23. The van der Waals surface area contributed by atoms with Crippen LogP contribution in [0.5, 0.6) is 5.75 Å². The second kappa shape index (κ2) is 5.12. The van der Waals surface area contributed by atoms with Crippen molar-refractivity contribution < 1.29 is 18.3 Å². The Hall–Kier alpha value is -1.36. The van der Waals surface area contributed by atoms with Crippen molar-refractivity contribution in [2.24, 2.45) is 0 Å². The molecule has 1 fully saturated rings. The Bertz CT molecular complexity index is 341. The number of halogens is 2. The lowest BCUT2D eigenvalue weighted by Crippen LogP contribution is -2.36. The molecular formula is C11H13F2NO2. The van der Waals surface area contributed by atoms with Crippen molar-refractivity contribution >= 4 is 5.69 Å². The number of hydrogen-bond acceptors (Lipinski definition) is 3. The number of hydrogen-bond donors (Lipinski definition) is 0. The lowest BCUT2D eigenvalue weighted by molar-refractivity contribution is -0.0498. The summed E-state index contributed by atoms with van der Waals surface area (Å²) in [5.41, 5.74) is 0.890. The maximum atomic E-state index is 12.0. The third kappa shape index (κ3) is 2.82. The number of alkyl halides is 2. The van der Waals surface area contributed by atoms with Crippen molar-refractivity contribution in [2.45, 2.75) is 6.61 Å². The van der Waals surface area contributed by atoms with Crippen LogP contribution >= 0.6 is 0 Å². The van der Waals surface area contributed by atoms with E-state index in [-0.39, 0.29) is 5.75 Å². The number of morpholine rings is 1. The third-order valence-corrected chi connectivity index (χ3v) is 2.42. The summed E-state index contributed by atoms with van der Waals surface area (Å²) in [7, 11) is 0. The quantitative estimate of drug-likeness (QED) is 0.792. The Morgan fingerprint density at radius 3 is 2.69 bits per heavy atom. The second-order valence-corrected chi connectivity index (χ2v) is 3.48. The molecule has 0 bridgehead atoms. The summed E-state index contributed by atoms with van der Waals surface area (Å²) in [6.45, 7) is 0.107. The molecule has 1 heterocycles. The zero-order chi connectivity index (χ0) is 11.4. The van der Waals surface area contributed by atoms with Gasteiger partial charge in [-0.05, 0) is 12.1 Å². The Morgan fingerprint density at radius 2 is 2.00 bits per heavy atom. The summed E-state index contributed by atoms with van der Waals surface area (Å²) in [4.78, 5) is 2.09. The SMILES string of the molecule is FC(F)Oc1cccc(N2CCOCC2)c1. The molecule has 0 unspecified atom stereocenters. The number of anilines is 1. The van der Waals surface area contributed by atoms with Crippen LogP contribution in [0, 0.1) is 0 Å². The molecule has 3 nitrogen and oxygen atoms in total. The van der Waals surface area contributed by atoms with Gasteiger partial charge in [0.05, 0.1) is 13.2 Å². The zero-order valence-corrected chi connectivity index (χ0v) is 8.73. The van der Waals surface area contributed by atoms with Gasteiger partial charge >= 0.3 is 6.61 Å². The molecule has 0 aliphatic carbocycles. The first-order valence-electron chi connectivity index (χ1n) is 5.13. The lowest BCUT2D eigenvalue weighted by atomic mass is 10.2. The van der Waals surface area contributed by atoms with Crippen LogP contribution in [0.15, 0.2) is 24.3 Å². The van der Waals surface area contributed by atoms with Gasteiger partial charge in [0, 0.05) is 24.8 Å². The molecule has 1 aromatic rings. The molecule has 0 aromatic heterocycles. The molecule has 0 N–H and O–H groups in total. The number of nitrogens with zero attached hydrogens (tertiary/aromatic N) is 1. The van der Waals surface area contributed by atoms with Crippen LogP contribution < -0.4 is 9.64 Å². The minimum Gasteiger partial charge on any atom is -0.435 e. The fourth-order valence-corrected chi connectivity index (χ4v) is 1.68. The summed E-state index contributed by atoms with van der Waals surface area (Å²) in [6, 6.07) is 6.74. The van der Waals surface area contributed by atoms with Crippen LogP contribution in [0.25, 0.3) is 0 Å². The predicted molar refractivity (Wildman–Crippen MR) is 56.1 cm³/mol. The summed E-state index contributed by atoms with van der Waals surface area (Å²) < 4.78 is 33.7. The van der Waals surface area contributed by atoms with E-state index in [4.69, 9.17) is 4.74 Å². The van der Waals surface area contributed by atoms with E-state index in [2.05, 4.69) is 9.64 Å². The molecule has 0 amide bonds. The molecule has 5 heteroatoms. The molecule has 88 valence electrons. The van der Waals surface area contributed by atoms with E-state index >= 15 is 0 Å². The zero-order valence-electron chi connectivity index (χ0n) is 8.73. The van der Waals surface area contributed by atoms with Gasteiger partial charge in [0.2, 0.25) is 0 Å². The summed E-state index contributed by atoms with van der Waals surface area (Å²) in [5.74, 6) is 0.194. The van der Waals surface area contributed by atoms with Gasteiger partial charge < -0.3 is 14.4 Å². The van der Waals surface area contributed by atoms with Crippen LogP contribution in [-0.4, -0.2) is 32.9 Å². The highest BCUT2D eigenvalue weighted by Gasteiger charge is 2.12. The monoisotopic (exact) mass is 229 g/mol. The molecule has 16 heavy (non-hydrogen) atoms.